The van der Waals surface area contributed by atoms with Crippen LogP contribution in [-0.2, 0) is 13.0 Å². The second-order valence-corrected chi connectivity index (χ2v) is 6.60. The molecule has 0 radical (unpaired) electrons. The molecule has 0 saturated heterocycles. The zero-order valence-electron chi connectivity index (χ0n) is 15.1. The first-order valence-corrected chi connectivity index (χ1v) is 9.30. The lowest BCUT2D eigenvalue weighted by Crippen LogP contribution is -2.18. The van der Waals surface area contributed by atoms with Crippen molar-refractivity contribution in [3.05, 3.63) is 52.0 Å². The molecule has 2 rings (SSSR count). The Bertz CT molecular complexity index is 676. The highest BCUT2D eigenvalue weighted by Gasteiger charge is 2.12. The number of benzene rings is 2. The minimum atomic E-state index is 0.673. The van der Waals surface area contributed by atoms with Crippen LogP contribution in [0, 0.1) is 0 Å². The maximum absolute atomic E-state index is 5.91. The van der Waals surface area contributed by atoms with Crippen LogP contribution in [0.3, 0.4) is 0 Å². The first-order chi connectivity index (χ1) is 12.2. The lowest BCUT2D eigenvalue weighted by Gasteiger charge is -2.16. The molecule has 1 N–H and O–H groups in total. The van der Waals surface area contributed by atoms with Crippen molar-refractivity contribution >= 4 is 15.9 Å². The van der Waals surface area contributed by atoms with Gasteiger partial charge in [0.1, 0.15) is 5.75 Å². The van der Waals surface area contributed by atoms with E-state index in [0.29, 0.717) is 13.2 Å². The highest BCUT2D eigenvalue weighted by atomic mass is 79.9. The molecule has 0 aliphatic rings. The zero-order valence-corrected chi connectivity index (χ0v) is 16.7. The molecular formula is C20H26BrNO3. The van der Waals surface area contributed by atoms with E-state index in [-0.39, 0.29) is 0 Å². The van der Waals surface area contributed by atoms with Crippen molar-refractivity contribution in [3.63, 3.8) is 0 Å². The van der Waals surface area contributed by atoms with Crippen LogP contribution in [0.2, 0.25) is 0 Å². The molecule has 0 aromatic heterocycles. The molecule has 5 heteroatoms. The summed E-state index contributed by atoms with van der Waals surface area (Å²) >= 11 is 3.54. The van der Waals surface area contributed by atoms with Crippen LogP contribution >= 0.6 is 15.9 Å². The molecule has 0 aliphatic heterocycles. The summed E-state index contributed by atoms with van der Waals surface area (Å²) in [6.45, 7) is 4.33. The Hall–Kier alpha value is -1.72. The Balaban J connectivity index is 2.00. The average Bonchev–Trinajstić information content (AvgIpc) is 2.64. The number of methoxy groups -OCH3 is 2. The van der Waals surface area contributed by atoms with Gasteiger partial charge in [0.15, 0.2) is 11.5 Å². The Morgan fingerprint density at radius 2 is 1.76 bits per heavy atom. The highest BCUT2D eigenvalue weighted by molar-refractivity contribution is 9.10. The number of hydrogen-bond acceptors (Lipinski definition) is 4. The third-order valence-corrected chi connectivity index (χ3v) is 4.30. The molecule has 0 heterocycles. The molecule has 25 heavy (non-hydrogen) atoms. The fourth-order valence-corrected chi connectivity index (χ4v) is 3.11. The van der Waals surface area contributed by atoms with Gasteiger partial charge in [-0.15, -0.1) is 0 Å². The van der Waals surface area contributed by atoms with Crippen LogP contribution in [0.5, 0.6) is 17.2 Å². The predicted molar refractivity (Wildman–Crippen MR) is 105 cm³/mol. The molecule has 4 nitrogen and oxygen atoms in total. The van der Waals surface area contributed by atoms with E-state index >= 15 is 0 Å². The monoisotopic (exact) mass is 407 g/mol. The first-order valence-electron chi connectivity index (χ1n) is 8.51. The first kappa shape index (κ1) is 19.6. The largest absolute Gasteiger partial charge is 0.496 e. The summed E-state index contributed by atoms with van der Waals surface area (Å²) in [4.78, 5) is 0. The van der Waals surface area contributed by atoms with Gasteiger partial charge in [0.25, 0.3) is 0 Å². The van der Waals surface area contributed by atoms with Crippen LogP contribution in [0.4, 0.5) is 0 Å². The minimum Gasteiger partial charge on any atom is -0.496 e. The lowest BCUT2D eigenvalue weighted by molar-refractivity contribution is 0.290. The molecule has 0 fully saturated rings. The van der Waals surface area contributed by atoms with Gasteiger partial charge in [-0.1, -0.05) is 41.1 Å². The maximum Gasteiger partial charge on any atom is 0.165 e. The molecule has 0 amide bonds. The minimum absolute atomic E-state index is 0.673. The van der Waals surface area contributed by atoms with E-state index in [4.69, 9.17) is 14.2 Å². The van der Waals surface area contributed by atoms with Crippen LogP contribution < -0.4 is 19.5 Å². The molecule has 2 aromatic rings. The molecule has 0 unspecified atom stereocenters. The molecule has 0 bridgehead atoms. The number of ether oxygens (including phenoxy) is 3. The van der Waals surface area contributed by atoms with Gasteiger partial charge in [-0.2, -0.15) is 0 Å². The maximum atomic E-state index is 5.91. The van der Waals surface area contributed by atoms with Crippen LogP contribution in [0.25, 0.3) is 0 Å². The third kappa shape index (κ3) is 5.65. The van der Waals surface area contributed by atoms with E-state index in [1.54, 1.807) is 14.2 Å². The molecule has 0 spiro atoms. The smallest absolute Gasteiger partial charge is 0.165 e. The number of nitrogens with one attached hydrogen (secondary N) is 1. The van der Waals surface area contributed by atoms with Crippen molar-refractivity contribution in [1.29, 1.82) is 0 Å². The van der Waals surface area contributed by atoms with E-state index in [0.717, 1.165) is 46.7 Å². The van der Waals surface area contributed by atoms with E-state index < -0.39 is 0 Å². The second-order valence-electron chi connectivity index (χ2n) is 5.68. The summed E-state index contributed by atoms with van der Waals surface area (Å²) in [6.07, 6.45) is 1.86. The van der Waals surface area contributed by atoms with E-state index in [1.165, 1.54) is 5.56 Å². The van der Waals surface area contributed by atoms with Crippen molar-refractivity contribution in [2.45, 2.75) is 26.3 Å². The van der Waals surface area contributed by atoms with Crippen LogP contribution in [-0.4, -0.2) is 27.4 Å². The normalized spacial score (nSPS) is 10.6. The molecule has 0 saturated carbocycles. The second kappa shape index (κ2) is 10.3. The number of rotatable bonds is 10. The van der Waals surface area contributed by atoms with Crippen molar-refractivity contribution in [3.8, 4) is 17.2 Å². The van der Waals surface area contributed by atoms with E-state index in [1.807, 2.05) is 24.3 Å². The van der Waals surface area contributed by atoms with Gasteiger partial charge in [-0.3, -0.25) is 0 Å². The summed E-state index contributed by atoms with van der Waals surface area (Å²) in [7, 11) is 3.37. The Morgan fingerprint density at radius 3 is 2.48 bits per heavy atom. The van der Waals surface area contributed by atoms with E-state index in [9.17, 15) is 0 Å². The average molecular weight is 408 g/mol. The predicted octanol–water partition coefficient (Wildman–Crippen LogP) is 4.59. The molecule has 0 aliphatic carbocycles. The summed E-state index contributed by atoms with van der Waals surface area (Å²) in [5.41, 5.74) is 2.28. The molecule has 0 atom stereocenters. The number of halogens is 1. The van der Waals surface area contributed by atoms with Gasteiger partial charge in [-0.25, -0.2) is 0 Å². The van der Waals surface area contributed by atoms with Crippen LogP contribution in [0.1, 0.15) is 24.5 Å². The van der Waals surface area contributed by atoms with Gasteiger partial charge in [0.05, 0.1) is 20.8 Å². The standard InChI is InChI=1S/C20H26BrNO3/c1-4-11-25-20-16(12-17(21)13-19(20)24-3)14-22-10-9-15-7-5-6-8-18(15)23-2/h5-8,12-13,22H,4,9-11,14H2,1-3H3. The Morgan fingerprint density at radius 1 is 1.00 bits per heavy atom. The van der Waals surface area contributed by atoms with Gasteiger partial charge in [0.2, 0.25) is 0 Å². The van der Waals surface area contributed by atoms with E-state index in [2.05, 4.69) is 40.3 Å². The topological polar surface area (TPSA) is 39.7 Å². The van der Waals surface area contributed by atoms with Crippen molar-refractivity contribution < 1.29 is 14.2 Å². The summed E-state index contributed by atoms with van der Waals surface area (Å²) < 4.78 is 17.8. The summed E-state index contributed by atoms with van der Waals surface area (Å²) in [5, 5.41) is 3.48. The molecule has 136 valence electrons. The van der Waals surface area contributed by atoms with Crippen molar-refractivity contribution in [1.82, 2.24) is 5.32 Å². The fraction of sp³-hybridized carbons (Fsp3) is 0.400. The number of para-hydroxylation sites is 1. The highest BCUT2D eigenvalue weighted by Crippen LogP contribution is 2.35. The van der Waals surface area contributed by atoms with Crippen LogP contribution in [0.15, 0.2) is 40.9 Å². The zero-order chi connectivity index (χ0) is 18.1. The summed E-state index contributed by atoms with van der Waals surface area (Å²) in [5.74, 6) is 2.50. The SMILES string of the molecule is CCCOc1c(CNCCc2ccccc2OC)cc(Br)cc1OC. The van der Waals surface area contributed by atoms with Crippen molar-refractivity contribution in [2.24, 2.45) is 0 Å². The quantitative estimate of drug-likeness (QED) is 0.584. The Labute approximate surface area is 158 Å². The number of hydrogen-bond donors (Lipinski definition) is 1. The molecule has 2 aromatic carbocycles. The van der Waals surface area contributed by atoms with Crippen molar-refractivity contribution in [2.75, 3.05) is 27.4 Å². The summed E-state index contributed by atoms with van der Waals surface area (Å²) in [6, 6.07) is 12.1. The van der Waals surface area contributed by atoms with Gasteiger partial charge in [0, 0.05) is 16.6 Å². The fourth-order valence-electron chi connectivity index (χ4n) is 2.63. The van der Waals surface area contributed by atoms with Gasteiger partial charge < -0.3 is 19.5 Å². The third-order valence-electron chi connectivity index (χ3n) is 3.85. The van der Waals surface area contributed by atoms with Gasteiger partial charge >= 0.3 is 0 Å². The Kier molecular flexibility index (Phi) is 8.09. The molecular weight excluding hydrogens is 382 g/mol. The van der Waals surface area contributed by atoms with Gasteiger partial charge in [-0.05, 0) is 43.1 Å². The lowest BCUT2D eigenvalue weighted by atomic mass is 10.1.